The Kier molecular flexibility index (Phi) is 5.49. The molecule has 4 nitrogen and oxygen atoms in total. The van der Waals surface area contributed by atoms with Crippen LogP contribution in [0.3, 0.4) is 0 Å². The van der Waals surface area contributed by atoms with Gasteiger partial charge in [-0.3, -0.25) is 0 Å². The topological polar surface area (TPSA) is 36.1 Å². The standard InChI is InChI=1S/C54H32N2O2/c1-2-11-33(12-3-1)38-16-10-20-51-54(38)43-26-24-37(32-53(43)58-51)56-47-18-8-5-14-40(47)45-30-35(22-28-49(45)56)34-21-27-48-44(29-34)39-13-4-7-17-46(39)55(48)36-23-25-42-41-15-6-9-19-50(41)57-52(42)31-36/h1-32H/i1D,2D,3D,11D,12D. The molecule has 0 aliphatic carbocycles. The van der Waals surface area contributed by atoms with E-state index in [9.17, 15) is 0 Å². The van der Waals surface area contributed by atoms with Crippen molar-refractivity contribution < 1.29 is 15.7 Å². The van der Waals surface area contributed by atoms with Gasteiger partial charge in [-0.25, -0.2) is 0 Å². The lowest BCUT2D eigenvalue weighted by atomic mass is 9.99. The highest BCUT2D eigenvalue weighted by atomic mass is 16.3. The van der Waals surface area contributed by atoms with Gasteiger partial charge in [0.25, 0.3) is 0 Å². The highest BCUT2D eigenvalue weighted by Gasteiger charge is 2.19. The van der Waals surface area contributed by atoms with Crippen molar-refractivity contribution in [1.82, 2.24) is 9.13 Å². The van der Waals surface area contributed by atoms with E-state index in [4.69, 9.17) is 15.7 Å². The molecule has 0 radical (unpaired) electrons. The van der Waals surface area contributed by atoms with E-state index in [1.807, 2.05) is 36.4 Å². The Morgan fingerprint density at radius 2 is 0.862 bits per heavy atom. The minimum absolute atomic E-state index is 0.155. The van der Waals surface area contributed by atoms with Gasteiger partial charge in [-0.05, 0) is 95.1 Å². The molecule has 0 bridgehead atoms. The number of para-hydroxylation sites is 3. The zero-order valence-corrected chi connectivity index (χ0v) is 30.8. The molecular weight excluding hydrogens is 709 g/mol. The van der Waals surface area contributed by atoms with Gasteiger partial charge in [-0.15, -0.1) is 0 Å². The van der Waals surface area contributed by atoms with Gasteiger partial charge in [0.1, 0.15) is 22.3 Å². The lowest BCUT2D eigenvalue weighted by Gasteiger charge is -2.10. The quantitative estimate of drug-likeness (QED) is 0.180. The van der Waals surface area contributed by atoms with Crippen molar-refractivity contribution in [2.24, 2.45) is 0 Å². The molecule has 0 aliphatic rings. The molecule has 58 heavy (non-hydrogen) atoms. The summed E-state index contributed by atoms with van der Waals surface area (Å²) in [5.41, 5.74) is 12.2. The summed E-state index contributed by atoms with van der Waals surface area (Å²) >= 11 is 0. The first-order chi connectivity index (χ1) is 30.8. The molecule has 0 amide bonds. The van der Waals surface area contributed by atoms with Gasteiger partial charge in [-0.2, -0.15) is 0 Å². The van der Waals surface area contributed by atoms with E-state index in [-0.39, 0.29) is 29.7 Å². The fourth-order valence-corrected chi connectivity index (χ4v) is 9.26. The molecule has 0 fully saturated rings. The number of hydrogen-bond acceptors (Lipinski definition) is 2. The Morgan fingerprint density at radius 3 is 1.53 bits per heavy atom. The highest BCUT2D eigenvalue weighted by molar-refractivity contribution is 6.15. The summed E-state index contributed by atoms with van der Waals surface area (Å²) in [5.74, 6) is 0. The van der Waals surface area contributed by atoms with Gasteiger partial charge in [0, 0.05) is 66.6 Å². The molecule has 0 saturated carbocycles. The maximum absolute atomic E-state index is 8.69. The number of furan rings is 2. The number of aromatic nitrogens is 2. The minimum Gasteiger partial charge on any atom is -0.456 e. The van der Waals surface area contributed by atoms with Gasteiger partial charge in [0.2, 0.25) is 0 Å². The minimum atomic E-state index is -0.417. The van der Waals surface area contributed by atoms with Gasteiger partial charge >= 0.3 is 0 Å². The second-order valence-electron chi connectivity index (χ2n) is 14.9. The molecule has 4 heterocycles. The van der Waals surface area contributed by atoms with Gasteiger partial charge in [0.05, 0.1) is 28.9 Å². The molecule has 4 aromatic heterocycles. The Labute approximate surface area is 339 Å². The molecule has 0 N–H and O–H groups in total. The maximum atomic E-state index is 8.69. The third-order valence-electron chi connectivity index (χ3n) is 11.8. The van der Waals surface area contributed by atoms with Gasteiger partial charge < -0.3 is 18.0 Å². The summed E-state index contributed by atoms with van der Waals surface area (Å²) in [6, 6.07) is 55.0. The third kappa shape index (κ3) is 4.45. The predicted molar refractivity (Wildman–Crippen MR) is 241 cm³/mol. The Bertz CT molecular complexity index is 4090. The van der Waals surface area contributed by atoms with Crippen molar-refractivity contribution in [3.63, 3.8) is 0 Å². The van der Waals surface area contributed by atoms with Gasteiger partial charge in [0.15, 0.2) is 0 Å². The number of hydrogen-bond donors (Lipinski definition) is 0. The Morgan fingerprint density at radius 1 is 0.345 bits per heavy atom. The first kappa shape index (κ1) is 26.9. The number of benzene rings is 9. The van der Waals surface area contributed by atoms with Crippen LogP contribution < -0.4 is 0 Å². The average Bonchev–Trinajstić information content (AvgIpc) is 4.07. The summed E-state index contributed by atoms with van der Waals surface area (Å²) in [5, 5.41) is 8.32. The molecule has 0 atom stereocenters. The maximum Gasteiger partial charge on any atom is 0.137 e. The summed E-state index contributed by atoms with van der Waals surface area (Å²) in [7, 11) is 0. The van der Waals surface area contributed by atoms with Crippen LogP contribution in [0.1, 0.15) is 6.85 Å². The molecule has 270 valence electrons. The van der Waals surface area contributed by atoms with E-state index in [0.717, 1.165) is 82.7 Å². The summed E-state index contributed by atoms with van der Waals surface area (Å²) in [4.78, 5) is 0. The van der Waals surface area contributed by atoms with Crippen molar-refractivity contribution >= 4 is 87.5 Å². The average molecular weight is 746 g/mol. The molecule has 13 aromatic rings. The number of fused-ring (bicyclic) bond motifs is 12. The van der Waals surface area contributed by atoms with Crippen molar-refractivity contribution in [2.75, 3.05) is 0 Å². The van der Waals surface area contributed by atoms with Crippen molar-refractivity contribution in [1.29, 1.82) is 0 Å². The first-order valence-corrected chi connectivity index (χ1v) is 19.3. The third-order valence-corrected chi connectivity index (χ3v) is 11.8. The normalized spacial score (nSPS) is 13.3. The fourth-order valence-electron chi connectivity index (χ4n) is 9.26. The van der Waals surface area contributed by atoms with E-state index in [1.54, 1.807) is 12.1 Å². The van der Waals surface area contributed by atoms with E-state index in [2.05, 4.69) is 124 Å². The van der Waals surface area contributed by atoms with E-state index in [0.29, 0.717) is 22.1 Å². The number of nitrogens with zero attached hydrogens (tertiary/aromatic N) is 2. The largest absolute Gasteiger partial charge is 0.456 e. The zero-order chi connectivity index (χ0) is 42.2. The van der Waals surface area contributed by atoms with Crippen LogP contribution in [0.15, 0.2) is 203 Å². The predicted octanol–water partition coefficient (Wildman–Crippen LogP) is 15.0. The van der Waals surface area contributed by atoms with Crippen LogP contribution >= 0.6 is 0 Å². The van der Waals surface area contributed by atoms with Crippen LogP contribution in [0.4, 0.5) is 0 Å². The van der Waals surface area contributed by atoms with Crippen molar-refractivity contribution in [3.8, 4) is 33.6 Å². The van der Waals surface area contributed by atoms with Crippen LogP contribution in [0.2, 0.25) is 0 Å². The SMILES string of the molecule is [2H]c1c([2H])c([2H])c(-c2cccc3oc4cc(-n5c6ccccc6c6cc(-c7ccc8c(c7)c7ccccc7n8-c7ccc8c(c7)oc7ccccc78)ccc65)ccc4c23)c([2H])c1[2H]. The molecule has 13 rings (SSSR count). The monoisotopic (exact) mass is 745 g/mol. The lowest BCUT2D eigenvalue weighted by Crippen LogP contribution is -1.93. The van der Waals surface area contributed by atoms with Crippen molar-refractivity contribution in [2.45, 2.75) is 0 Å². The fraction of sp³-hybridized carbons (Fsp3) is 0. The second kappa shape index (κ2) is 11.8. The highest BCUT2D eigenvalue weighted by Crippen LogP contribution is 2.41. The molecule has 9 aromatic carbocycles. The summed E-state index contributed by atoms with van der Waals surface area (Å²) < 4.78 is 59.5. The molecule has 0 saturated heterocycles. The second-order valence-corrected chi connectivity index (χ2v) is 14.9. The van der Waals surface area contributed by atoms with Crippen LogP contribution in [0.25, 0.3) is 121 Å². The molecular formula is C54H32N2O2. The van der Waals surface area contributed by atoms with Crippen LogP contribution in [0, 0.1) is 0 Å². The molecule has 4 heteroatoms. The van der Waals surface area contributed by atoms with Crippen molar-refractivity contribution in [3.05, 3.63) is 194 Å². The Hall–Kier alpha value is -7.82. The van der Waals surface area contributed by atoms with Crippen LogP contribution in [-0.2, 0) is 0 Å². The van der Waals surface area contributed by atoms with E-state index in [1.165, 1.54) is 10.8 Å². The smallest absolute Gasteiger partial charge is 0.137 e. The molecule has 0 aliphatic heterocycles. The van der Waals surface area contributed by atoms with E-state index < -0.39 is 6.04 Å². The molecule has 0 spiro atoms. The number of rotatable bonds is 4. The van der Waals surface area contributed by atoms with E-state index >= 15 is 0 Å². The zero-order valence-electron chi connectivity index (χ0n) is 35.8. The summed E-state index contributed by atoms with van der Waals surface area (Å²) in [6.45, 7) is 0. The van der Waals surface area contributed by atoms with Crippen LogP contribution in [-0.4, -0.2) is 9.13 Å². The lowest BCUT2D eigenvalue weighted by molar-refractivity contribution is 0.668. The first-order valence-electron chi connectivity index (χ1n) is 21.8. The van der Waals surface area contributed by atoms with Crippen LogP contribution in [0.5, 0.6) is 0 Å². The summed E-state index contributed by atoms with van der Waals surface area (Å²) in [6.07, 6.45) is 0. The Balaban J connectivity index is 0.942. The molecule has 0 unspecified atom stereocenters. The van der Waals surface area contributed by atoms with Gasteiger partial charge in [-0.1, -0.05) is 109 Å².